The van der Waals surface area contributed by atoms with Crippen molar-refractivity contribution in [3.8, 4) is 5.75 Å². The third-order valence-electron chi connectivity index (χ3n) is 7.44. The van der Waals surface area contributed by atoms with E-state index in [2.05, 4.69) is 61.8 Å². The number of hydrogen-bond acceptors (Lipinski definition) is 3. The van der Waals surface area contributed by atoms with Crippen molar-refractivity contribution in [1.29, 1.82) is 0 Å². The maximum Gasteiger partial charge on any atom is 0.344 e. The van der Waals surface area contributed by atoms with Crippen molar-refractivity contribution >= 4 is 22.8 Å². The van der Waals surface area contributed by atoms with Crippen molar-refractivity contribution < 1.29 is 19.4 Å². The Balaban J connectivity index is 1.58. The molecule has 6 heteroatoms. The number of nitrogens with zero attached hydrogens (tertiary/aromatic N) is 1. The van der Waals surface area contributed by atoms with Crippen LogP contribution in [0.1, 0.15) is 83.5 Å². The number of ether oxygens (including phenoxy) is 1. The summed E-state index contributed by atoms with van der Waals surface area (Å²) >= 11 is 0. The van der Waals surface area contributed by atoms with Crippen LogP contribution in [0.2, 0.25) is 0 Å². The molecule has 0 bridgehead atoms. The number of nitrogens with one attached hydrogen (secondary N) is 1. The standard InChI is InChI=1S/C33H38N2O4/c1-19(2)26-9-8-10-27(16-26)22(5)34-32(36)28-11-12-31-30(17-28)21(4)23(6)35(31)18-25-13-20(3)14-29(15-25)39-24(7)33(37)38/h8-17,19,22,24H,18H2,1-7H3,(H,34,36)(H,37,38). The Morgan fingerprint density at radius 1 is 0.923 bits per heavy atom. The molecule has 0 radical (unpaired) electrons. The fourth-order valence-corrected chi connectivity index (χ4v) is 4.97. The van der Waals surface area contributed by atoms with Gasteiger partial charge in [0.1, 0.15) is 5.75 Å². The molecule has 0 fully saturated rings. The summed E-state index contributed by atoms with van der Waals surface area (Å²) < 4.78 is 7.86. The second-order valence-electron chi connectivity index (χ2n) is 10.8. The second kappa shape index (κ2) is 11.4. The van der Waals surface area contributed by atoms with E-state index in [0.717, 1.165) is 38.9 Å². The summed E-state index contributed by atoms with van der Waals surface area (Å²) in [5.41, 5.74) is 8.27. The zero-order valence-corrected chi connectivity index (χ0v) is 23.8. The lowest BCUT2D eigenvalue weighted by atomic mass is 9.98. The van der Waals surface area contributed by atoms with Crippen LogP contribution < -0.4 is 10.1 Å². The van der Waals surface area contributed by atoms with Crippen LogP contribution in [-0.4, -0.2) is 27.7 Å². The smallest absolute Gasteiger partial charge is 0.344 e. The van der Waals surface area contributed by atoms with Gasteiger partial charge in [0.2, 0.25) is 0 Å². The number of hydrogen-bond donors (Lipinski definition) is 2. The molecular formula is C33H38N2O4. The highest BCUT2D eigenvalue weighted by molar-refractivity contribution is 5.99. The first-order chi connectivity index (χ1) is 18.4. The summed E-state index contributed by atoms with van der Waals surface area (Å²) in [6, 6.07) is 19.9. The quantitative estimate of drug-likeness (QED) is 0.244. The van der Waals surface area contributed by atoms with Crippen molar-refractivity contribution in [2.45, 2.75) is 73.1 Å². The maximum absolute atomic E-state index is 13.2. The predicted molar refractivity (Wildman–Crippen MR) is 156 cm³/mol. The van der Waals surface area contributed by atoms with Gasteiger partial charge in [-0.2, -0.15) is 0 Å². The summed E-state index contributed by atoms with van der Waals surface area (Å²) in [5, 5.41) is 13.4. The number of carboxylic acids is 1. The van der Waals surface area contributed by atoms with Gasteiger partial charge in [-0.15, -0.1) is 0 Å². The number of amides is 1. The molecule has 0 aliphatic carbocycles. The lowest BCUT2D eigenvalue weighted by molar-refractivity contribution is -0.144. The van der Waals surface area contributed by atoms with Gasteiger partial charge in [-0.05, 0) is 98.7 Å². The minimum Gasteiger partial charge on any atom is -0.479 e. The fourth-order valence-electron chi connectivity index (χ4n) is 4.97. The van der Waals surface area contributed by atoms with Crippen LogP contribution in [0.25, 0.3) is 10.9 Å². The number of aliphatic carboxylic acids is 1. The van der Waals surface area contributed by atoms with Crippen molar-refractivity contribution in [3.05, 3.63) is 99.7 Å². The first-order valence-electron chi connectivity index (χ1n) is 13.4. The van der Waals surface area contributed by atoms with Crippen molar-refractivity contribution in [1.82, 2.24) is 9.88 Å². The average Bonchev–Trinajstić information content (AvgIpc) is 3.12. The Hall–Kier alpha value is -4.06. The number of aryl methyl sites for hydroxylation is 2. The van der Waals surface area contributed by atoms with Crippen LogP contribution in [0, 0.1) is 20.8 Å². The van der Waals surface area contributed by atoms with E-state index in [9.17, 15) is 14.7 Å². The molecule has 2 unspecified atom stereocenters. The number of carboxylic acid groups (broad SMARTS) is 1. The van der Waals surface area contributed by atoms with Crippen molar-refractivity contribution in [2.24, 2.45) is 0 Å². The van der Waals surface area contributed by atoms with Gasteiger partial charge in [0.05, 0.1) is 6.04 Å². The first-order valence-corrected chi connectivity index (χ1v) is 13.4. The summed E-state index contributed by atoms with van der Waals surface area (Å²) in [4.78, 5) is 24.5. The Labute approximate surface area is 230 Å². The number of carbonyl (C=O) groups excluding carboxylic acids is 1. The molecule has 3 aromatic carbocycles. The number of rotatable bonds is 9. The lowest BCUT2D eigenvalue weighted by Gasteiger charge is -2.17. The molecule has 2 atom stereocenters. The summed E-state index contributed by atoms with van der Waals surface area (Å²) in [6.07, 6.45) is -0.928. The molecule has 204 valence electrons. The van der Waals surface area contributed by atoms with Gasteiger partial charge in [-0.3, -0.25) is 4.79 Å². The van der Waals surface area contributed by atoms with Crippen molar-refractivity contribution in [2.75, 3.05) is 0 Å². The van der Waals surface area contributed by atoms with E-state index in [4.69, 9.17) is 4.74 Å². The largest absolute Gasteiger partial charge is 0.479 e. The highest BCUT2D eigenvalue weighted by Crippen LogP contribution is 2.29. The molecule has 0 aliphatic heterocycles. The van der Waals surface area contributed by atoms with Crippen LogP contribution in [0.5, 0.6) is 5.75 Å². The minimum atomic E-state index is -1.00. The Morgan fingerprint density at radius 3 is 2.33 bits per heavy atom. The highest BCUT2D eigenvalue weighted by atomic mass is 16.5. The van der Waals surface area contributed by atoms with Gasteiger partial charge < -0.3 is 19.7 Å². The molecule has 4 rings (SSSR count). The molecular weight excluding hydrogens is 488 g/mol. The van der Waals surface area contributed by atoms with E-state index < -0.39 is 12.1 Å². The molecule has 39 heavy (non-hydrogen) atoms. The number of benzene rings is 3. The van der Waals surface area contributed by atoms with E-state index in [1.807, 2.05) is 50.2 Å². The third kappa shape index (κ3) is 6.17. The van der Waals surface area contributed by atoms with E-state index in [1.54, 1.807) is 0 Å². The van der Waals surface area contributed by atoms with E-state index in [0.29, 0.717) is 23.8 Å². The SMILES string of the molecule is Cc1cc(Cn2c(C)c(C)c3cc(C(=O)NC(C)c4cccc(C(C)C)c4)ccc32)cc(OC(C)C(=O)O)c1. The van der Waals surface area contributed by atoms with Crippen LogP contribution >= 0.6 is 0 Å². The minimum absolute atomic E-state index is 0.0998. The fraction of sp³-hybridized carbons (Fsp3) is 0.333. The highest BCUT2D eigenvalue weighted by Gasteiger charge is 2.18. The van der Waals surface area contributed by atoms with E-state index >= 15 is 0 Å². The lowest BCUT2D eigenvalue weighted by Crippen LogP contribution is -2.26. The zero-order valence-electron chi connectivity index (χ0n) is 23.8. The normalized spacial score (nSPS) is 12.9. The van der Waals surface area contributed by atoms with Gasteiger partial charge in [0.15, 0.2) is 6.10 Å². The van der Waals surface area contributed by atoms with Crippen LogP contribution in [-0.2, 0) is 11.3 Å². The molecule has 1 aromatic heterocycles. The van der Waals surface area contributed by atoms with E-state index in [1.165, 1.54) is 12.5 Å². The summed E-state index contributed by atoms with van der Waals surface area (Å²) in [6.45, 7) is 14.6. The van der Waals surface area contributed by atoms with Crippen LogP contribution in [0.15, 0.2) is 60.7 Å². The number of fused-ring (bicyclic) bond motifs is 1. The molecule has 0 spiro atoms. The monoisotopic (exact) mass is 526 g/mol. The molecule has 0 saturated heterocycles. The maximum atomic E-state index is 13.2. The molecule has 0 aliphatic rings. The Morgan fingerprint density at radius 2 is 1.64 bits per heavy atom. The molecule has 0 saturated carbocycles. The number of carbonyl (C=O) groups is 2. The molecule has 2 N–H and O–H groups in total. The van der Waals surface area contributed by atoms with Crippen LogP contribution in [0.4, 0.5) is 0 Å². The van der Waals surface area contributed by atoms with E-state index in [-0.39, 0.29) is 11.9 Å². The van der Waals surface area contributed by atoms with Gasteiger partial charge in [0.25, 0.3) is 5.91 Å². The second-order valence-corrected chi connectivity index (χ2v) is 10.8. The van der Waals surface area contributed by atoms with Gasteiger partial charge in [0, 0.05) is 28.7 Å². The Bertz CT molecular complexity index is 1530. The molecule has 1 amide bonds. The number of aromatic nitrogens is 1. The summed E-state index contributed by atoms with van der Waals surface area (Å²) in [7, 11) is 0. The molecule has 6 nitrogen and oxygen atoms in total. The van der Waals surface area contributed by atoms with Gasteiger partial charge >= 0.3 is 5.97 Å². The zero-order chi connectivity index (χ0) is 28.4. The van der Waals surface area contributed by atoms with Crippen molar-refractivity contribution in [3.63, 3.8) is 0 Å². The first kappa shape index (κ1) is 28.0. The average molecular weight is 527 g/mol. The Kier molecular flexibility index (Phi) is 8.14. The van der Waals surface area contributed by atoms with Gasteiger partial charge in [-0.1, -0.05) is 44.2 Å². The summed E-state index contributed by atoms with van der Waals surface area (Å²) in [5.74, 6) is -0.133. The van der Waals surface area contributed by atoms with Gasteiger partial charge in [-0.25, -0.2) is 4.79 Å². The predicted octanol–water partition coefficient (Wildman–Crippen LogP) is 7.08. The molecule has 1 heterocycles. The third-order valence-corrected chi connectivity index (χ3v) is 7.44. The topological polar surface area (TPSA) is 80.6 Å². The van der Waals surface area contributed by atoms with Crippen LogP contribution in [0.3, 0.4) is 0 Å². The molecule has 4 aromatic rings.